The van der Waals surface area contributed by atoms with Crippen LogP contribution in [0.2, 0.25) is 0 Å². The summed E-state index contributed by atoms with van der Waals surface area (Å²) in [5.74, 6) is -1.34. The number of ether oxygens (including phenoxy) is 2. The summed E-state index contributed by atoms with van der Waals surface area (Å²) in [5.41, 5.74) is 0. The van der Waals surface area contributed by atoms with Crippen LogP contribution in [0.15, 0.2) is 97.2 Å². The van der Waals surface area contributed by atoms with Crippen LogP contribution in [0, 0.1) is 0 Å². The van der Waals surface area contributed by atoms with Crippen molar-refractivity contribution in [2.45, 2.75) is 172 Å². The molecule has 0 amide bonds. The van der Waals surface area contributed by atoms with Gasteiger partial charge in [-0.25, -0.2) is 4.57 Å². The van der Waals surface area contributed by atoms with E-state index in [-0.39, 0.29) is 25.7 Å². The van der Waals surface area contributed by atoms with Gasteiger partial charge in [0.1, 0.15) is 43.2 Å². The van der Waals surface area contributed by atoms with Crippen molar-refractivity contribution in [3.8, 4) is 0 Å². The molecule has 0 aromatic heterocycles. The predicted octanol–water partition coefficient (Wildman–Crippen LogP) is 7.24. The molecule has 0 aromatic rings. The number of aliphatic hydroxyl groups is 6. The van der Waals surface area contributed by atoms with E-state index in [2.05, 4.69) is 86.8 Å². The number of allylic oxidation sites excluding steroid dienone is 15. The van der Waals surface area contributed by atoms with Gasteiger partial charge in [-0.3, -0.25) is 18.6 Å². The van der Waals surface area contributed by atoms with Crippen LogP contribution >= 0.6 is 7.82 Å². The van der Waals surface area contributed by atoms with Crippen LogP contribution in [0.1, 0.15) is 123 Å². The summed E-state index contributed by atoms with van der Waals surface area (Å²) < 4.78 is 33.3. The Morgan fingerprint density at radius 3 is 1.65 bits per heavy atom. The van der Waals surface area contributed by atoms with Crippen molar-refractivity contribution in [3.05, 3.63) is 97.2 Å². The second kappa shape index (κ2) is 36.1. The largest absolute Gasteiger partial charge is 0.472 e. The van der Waals surface area contributed by atoms with E-state index in [1.165, 1.54) is 0 Å². The van der Waals surface area contributed by atoms with Crippen LogP contribution in [0.5, 0.6) is 0 Å². The first kappa shape index (κ1) is 56.7. The van der Waals surface area contributed by atoms with Crippen molar-refractivity contribution in [2.24, 2.45) is 0 Å². The Bertz CT molecular complexity index is 1470. The highest BCUT2D eigenvalue weighted by Gasteiger charge is 2.51. The zero-order valence-electron chi connectivity index (χ0n) is 36.7. The van der Waals surface area contributed by atoms with Crippen molar-refractivity contribution >= 4 is 19.8 Å². The van der Waals surface area contributed by atoms with Gasteiger partial charge in [0.15, 0.2) is 6.10 Å². The Kier molecular flexibility index (Phi) is 33.1. The average Bonchev–Trinajstić information content (AvgIpc) is 3.25. The van der Waals surface area contributed by atoms with Gasteiger partial charge in [-0.1, -0.05) is 130 Å². The van der Waals surface area contributed by atoms with Crippen LogP contribution in [0.4, 0.5) is 0 Å². The number of esters is 2. The highest BCUT2D eigenvalue weighted by atomic mass is 31.2. The van der Waals surface area contributed by atoms with E-state index in [0.29, 0.717) is 6.42 Å². The number of phosphoric acid groups is 1. The lowest BCUT2D eigenvalue weighted by Gasteiger charge is -2.41. The molecule has 0 aromatic carbocycles. The second-order valence-corrected chi connectivity index (χ2v) is 16.4. The first-order valence-electron chi connectivity index (χ1n) is 22.1. The summed E-state index contributed by atoms with van der Waals surface area (Å²) >= 11 is 0. The molecule has 0 saturated heterocycles. The fraction of sp³-hybridized carbons (Fsp3) is 0.617. The second-order valence-electron chi connectivity index (χ2n) is 15.0. The number of hydrogen-bond donors (Lipinski definition) is 7. The van der Waals surface area contributed by atoms with E-state index in [1.807, 2.05) is 12.2 Å². The highest BCUT2D eigenvalue weighted by Crippen LogP contribution is 2.47. The minimum Gasteiger partial charge on any atom is -0.462 e. The van der Waals surface area contributed by atoms with Gasteiger partial charge < -0.3 is 45.0 Å². The van der Waals surface area contributed by atoms with Gasteiger partial charge in [0.2, 0.25) is 0 Å². The molecule has 15 heteroatoms. The standard InChI is InChI=1S/C47H75O14P/c1-3-5-7-9-11-13-15-17-18-20-22-24-26-28-30-34-40(49)58-36-39(37-59-62(56,57)61-47-45(54)43(52)42(51)44(53)46(47)55)60-41(50)35-31-33-38(48)32-29-27-25-23-21-19-16-14-12-10-8-6-4-2/h5-8,11-14,17-19,21,25,27,29,32,38-39,42-48,51-55H,3-4,9-10,15-16,20,22-24,26,28,30-31,33-37H2,1-2H3,(H,56,57)/b7-5-,8-6-,13-11-,14-12-,18-17-,21-19-,27-25-,32-29+/t38?,39-,42?,43-,44+,45-,46-,47?/m1/s1. The smallest absolute Gasteiger partial charge is 0.462 e. The van der Waals surface area contributed by atoms with Crippen molar-refractivity contribution in [1.82, 2.24) is 0 Å². The first-order chi connectivity index (χ1) is 29.8. The van der Waals surface area contributed by atoms with Gasteiger partial charge >= 0.3 is 19.8 Å². The van der Waals surface area contributed by atoms with E-state index < -0.39 is 81.8 Å². The zero-order valence-corrected chi connectivity index (χ0v) is 37.6. The summed E-state index contributed by atoms with van der Waals surface area (Å²) in [6.45, 7) is 2.87. The fourth-order valence-corrected chi connectivity index (χ4v) is 6.95. The Labute approximate surface area is 369 Å². The normalized spacial score (nSPS) is 23.3. The quantitative estimate of drug-likeness (QED) is 0.0111. The highest BCUT2D eigenvalue weighted by molar-refractivity contribution is 7.47. The minimum atomic E-state index is -5.18. The Hall–Kier alpha value is -3.27. The lowest BCUT2D eigenvalue weighted by molar-refractivity contribution is -0.220. The summed E-state index contributed by atoms with van der Waals surface area (Å²) in [7, 11) is -5.18. The summed E-state index contributed by atoms with van der Waals surface area (Å²) in [6.07, 6.45) is 30.5. The molecule has 1 saturated carbocycles. The number of phosphoric ester groups is 1. The number of carbonyl (C=O) groups excluding carboxylic acids is 2. The van der Waals surface area contributed by atoms with E-state index in [9.17, 15) is 49.7 Å². The molecule has 0 spiro atoms. The number of carbonyl (C=O) groups is 2. The molecule has 7 N–H and O–H groups in total. The van der Waals surface area contributed by atoms with Crippen molar-refractivity contribution in [3.63, 3.8) is 0 Å². The van der Waals surface area contributed by atoms with Crippen molar-refractivity contribution in [2.75, 3.05) is 13.2 Å². The molecule has 14 nitrogen and oxygen atoms in total. The van der Waals surface area contributed by atoms with Crippen molar-refractivity contribution in [1.29, 1.82) is 0 Å². The molecule has 0 radical (unpaired) electrons. The van der Waals surface area contributed by atoms with Crippen LogP contribution < -0.4 is 0 Å². The van der Waals surface area contributed by atoms with Crippen molar-refractivity contribution < 1.29 is 68.2 Å². The van der Waals surface area contributed by atoms with Crippen LogP contribution in [0.3, 0.4) is 0 Å². The third-order valence-electron chi connectivity index (χ3n) is 9.52. The molecule has 352 valence electrons. The average molecular weight is 895 g/mol. The molecular weight excluding hydrogens is 819 g/mol. The number of aliphatic hydroxyl groups excluding tert-OH is 6. The SMILES string of the molecule is CC/C=C\C/C=C\C/C=C\C/C=C\C=C\C(O)CCCC(=O)O[C@H](COC(=O)CCCCCCC/C=C\C/C=C\C/C=C\CC)COP(=O)(O)OC1[C@H](O)[C@H](O)C(O)[C@H](O)[C@H]1O. The Balaban J connectivity index is 2.60. The number of unbranched alkanes of at least 4 members (excludes halogenated alkanes) is 5. The molecule has 9 atom stereocenters. The third kappa shape index (κ3) is 28.4. The zero-order chi connectivity index (χ0) is 45.9. The van der Waals surface area contributed by atoms with Gasteiger partial charge in [-0.2, -0.15) is 0 Å². The third-order valence-corrected chi connectivity index (χ3v) is 10.5. The van der Waals surface area contributed by atoms with Crippen LogP contribution in [-0.4, -0.2) is 110 Å². The maximum Gasteiger partial charge on any atom is 0.472 e. The molecule has 0 bridgehead atoms. The van der Waals surface area contributed by atoms with Gasteiger partial charge in [0, 0.05) is 12.8 Å². The fourth-order valence-electron chi connectivity index (χ4n) is 5.98. The topological polar surface area (TPSA) is 230 Å². The molecule has 0 heterocycles. The lowest BCUT2D eigenvalue weighted by Crippen LogP contribution is -2.64. The number of rotatable bonds is 34. The van der Waals surface area contributed by atoms with Gasteiger partial charge in [-0.15, -0.1) is 0 Å². The van der Waals surface area contributed by atoms with E-state index in [4.69, 9.17) is 18.5 Å². The molecular formula is C47H75O14P. The minimum absolute atomic E-state index is 0.100. The Morgan fingerprint density at radius 2 is 1.06 bits per heavy atom. The summed E-state index contributed by atoms with van der Waals surface area (Å²) in [5, 5.41) is 60.4. The van der Waals surface area contributed by atoms with Gasteiger partial charge in [0.25, 0.3) is 0 Å². The summed E-state index contributed by atoms with van der Waals surface area (Å²) in [6, 6.07) is 0. The molecule has 1 aliphatic rings. The van der Waals surface area contributed by atoms with Gasteiger partial charge in [0.05, 0.1) is 12.7 Å². The lowest BCUT2D eigenvalue weighted by atomic mass is 9.85. The van der Waals surface area contributed by atoms with E-state index >= 15 is 0 Å². The Morgan fingerprint density at radius 1 is 0.581 bits per heavy atom. The van der Waals surface area contributed by atoms with E-state index in [0.717, 1.165) is 77.0 Å². The molecule has 1 aliphatic carbocycles. The maximum absolute atomic E-state index is 12.8. The first-order valence-corrected chi connectivity index (χ1v) is 23.6. The summed E-state index contributed by atoms with van der Waals surface area (Å²) in [4.78, 5) is 35.7. The molecule has 1 rings (SSSR count). The van der Waals surface area contributed by atoms with Gasteiger partial charge in [-0.05, 0) is 77.0 Å². The molecule has 1 fully saturated rings. The molecule has 62 heavy (non-hydrogen) atoms. The molecule has 0 aliphatic heterocycles. The molecule has 4 unspecified atom stereocenters. The number of hydrogen-bond acceptors (Lipinski definition) is 13. The van der Waals surface area contributed by atoms with Crippen LogP contribution in [0.25, 0.3) is 0 Å². The maximum atomic E-state index is 12.8. The predicted molar refractivity (Wildman–Crippen MR) is 240 cm³/mol. The van der Waals surface area contributed by atoms with Crippen LogP contribution in [-0.2, 0) is 32.7 Å². The van der Waals surface area contributed by atoms with E-state index in [1.54, 1.807) is 12.2 Å². The monoisotopic (exact) mass is 894 g/mol.